The first-order chi connectivity index (χ1) is 10.3. The van der Waals surface area contributed by atoms with Crippen LogP contribution in [0, 0.1) is 5.92 Å². The maximum absolute atomic E-state index is 12.1. The summed E-state index contributed by atoms with van der Waals surface area (Å²) in [7, 11) is 0. The van der Waals surface area contributed by atoms with Crippen molar-refractivity contribution >= 4 is 17.5 Å². The maximum Gasteiger partial charge on any atom is 0.405 e. The van der Waals surface area contributed by atoms with Crippen LogP contribution in [-0.2, 0) is 11.3 Å². The topological polar surface area (TPSA) is 45.2 Å². The van der Waals surface area contributed by atoms with E-state index in [0.29, 0.717) is 24.5 Å². The molecule has 1 amide bonds. The van der Waals surface area contributed by atoms with Crippen LogP contribution in [0.5, 0.6) is 0 Å². The molecule has 1 aromatic heterocycles. The Morgan fingerprint density at radius 2 is 2.27 bits per heavy atom. The number of pyridine rings is 1. The molecule has 8 heteroatoms. The van der Waals surface area contributed by atoms with Crippen molar-refractivity contribution in [1.82, 2.24) is 15.2 Å². The highest BCUT2D eigenvalue weighted by molar-refractivity contribution is 6.31. The Labute approximate surface area is 131 Å². The van der Waals surface area contributed by atoms with Crippen LogP contribution in [0.1, 0.15) is 18.4 Å². The van der Waals surface area contributed by atoms with Gasteiger partial charge in [-0.2, -0.15) is 13.2 Å². The fraction of sp³-hybridized carbons (Fsp3) is 0.571. The molecule has 0 bridgehead atoms. The molecule has 1 N–H and O–H groups in total. The largest absolute Gasteiger partial charge is 0.405 e. The van der Waals surface area contributed by atoms with Gasteiger partial charge < -0.3 is 5.32 Å². The summed E-state index contributed by atoms with van der Waals surface area (Å²) >= 11 is 6.05. The number of rotatable bonds is 4. The van der Waals surface area contributed by atoms with Crippen molar-refractivity contribution < 1.29 is 18.0 Å². The number of aromatic nitrogens is 1. The van der Waals surface area contributed by atoms with Gasteiger partial charge in [-0.05, 0) is 31.0 Å². The number of hydrogen-bond acceptors (Lipinski definition) is 3. The van der Waals surface area contributed by atoms with Crippen molar-refractivity contribution in [2.24, 2.45) is 5.92 Å². The molecular formula is C14H17ClF3N3O. The van der Waals surface area contributed by atoms with Gasteiger partial charge in [0, 0.05) is 25.5 Å². The summed E-state index contributed by atoms with van der Waals surface area (Å²) in [6, 6.07) is 1.80. The zero-order chi connectivity index (χ0) is 16.2. The molecule has 1 aromatic rings. The molecule has 4 nitrogen and oxygen atoms in total. The first-order valence-electron chi connectivity index (χ1n) is 7.00. The molecule has 0 radical (unpaired) electrons. The average molecular weight is 336 g/mol. The van der Waals surface area contributed by atoms with Gasteiger partial charge in [-0.25, -0.2) is 0 Å². The van der Waals surface area contributed by atoms with Gasteiger partial charge in [0.2, 0.25) is 5.91 Å². The maximum atomic E-state index is 12.1. The van der Waals surface area contributed by atoms with Gasteiger partial charge in [-0.3, -0.25) is 14.7 Å². The third-order valence-electron chi connectivity index (χ3n) is 3.59. The van der Waals surface area contributed by atoms with E-state index < -0.39 is 24.5 Å². The summed E-state index contributed by atoms with van der Waals surface area (Å²) in [4.78, 5) is 17.8. The summed E-state index contributed by atoms with van der Waals surface area (Å²) in [6.07, 6.45) is 0.179. The summed E-state index contributed by atoms with van der Waals surface area (Å²) in [6.45, 7) is 0.507. The van der Waals surface area contributed by atoms with Gasteiger partial charge in [-0.1, -0.05) is 11.6 Å². The molecule has 1 atom stereocenters. The van der Waals surface area contributed by atoms with Crippen LogP contribution in [0.3, 0.4) is 0 Å². The highest BCUT2D eigenvalue weighted by Crippen LogP contribution is 2.22. The minimum absolute atomic E-state index is 0.420. The van der Waals surface area contributed by atoms with Crippen LogP contribution < -0.4 is 5.32 Å². The Bertz CT molecular complexity index is 524. The molecule has 0 aliphatic carbocycles. The predicted molar refractivity (Wildman–Crippen MR) is 76.3 cm³/mol. The van der Waals surface area contributed by atoms with Crippen LogP contribution >= 0.6 is 11.6 Å². The number of nitrogens with one attached hydrogen (secondary N) is 1. The zero-order valence-corrected chi connectivity index (χ0v) is 12.6. The normalized spacial score (nSPS) is 19.9. The average Bonchev–Trinajstić information content (AvgIpc) is 2.47. The van der Waals surface area contributed by atoms with E-state index in [-0.39, 0.29) is 0 Å². The molecule has 2 heterocycles. The number of nitrogens with zero attached hydrogens (tertiary/aromatic N) is 2. The molecule has 1 fully saturated rings. The Hall–Kier alpha value is -1.34. The second-order valence-corrected chi connectivity index (χ2v) is 5.78. The lowest BCUT2D eigenvalue weighted by molar-refractivity contribution is -0.141. The van der Waals surface area contributed by atoms with Crippen molar-refractivity contribution in [1.29, 1.82) is 0 Å². The monoisotopic (exact) mass is 335 g/mol. The summed E-state index contributed by atoms with van der Waals surface area (Å²) < 4.78 is 36.4. The minimum Gasteiger partial charge on any atom is -0.347 e. The fourth-order valence-corrected chi connectivity index (χ4v) is 2.70. The van der Waals surface area contributed by atoms with Gasteiger partial charge in [-0.15, -0.1) is 0 Å². The van der Waals surface area contributed by atoms with Crippen LogP contribution in [-0.4, -0.2) is 41.6 Å². The first kappa shape index (κ1) is 17.0. The lowest BCUT2D eigenvalue weighted by Gasteiger charge is -2.32. The van der Waals surface area contributed by atoms with E-state index in [2.05, 4.69) is 4.98 Å². The lowest BCUT2D eigenvalue weighted by Crippen LogP contribution is -2.44. The summed E-state index contributed by atoms with van der Waals surface area (Å²) in [5.41, 5.74) is 0.896. The minimum atomic E-state index is -4.38. The van der Waals surface area contributed by atoms with Crippen molar-refractivity contribution in [2.75, 3.05) is 19.6 Å². The molecule has 0 saturated carbocycles. The predicted octanol–water partition coefficient (Wildman–Crippen LogP) is 2.63. The Morgan fingerprint density at radius 1 is 1.50 bits per heavy atom. The van der Waals surface area contributed by atoms with Gasteiger partial charge in [0.25, 0.3) is 0 Å². The number of carbonyl (C=O) groups excluding carboxylic acids is 1. The van der Waals surface area contributed by atoms with Crippen LogP contribution in [0.2, 0.25) is 5.02 Å². The summed E-state index contributed by atoms with van der Waals surface area (Å²) in [5, 5.41) is 2.51. The van der Waals surface area contributed by atoms with E-state index in [1.165, 1.54) is 0 Å². The standard InChI is InChI=1S/C14H17ClF3N3O/c15-12-6-19-4-3-10(12)7-21-5-1-2-11(8-21)13(22)20-9-14(16,17)18/h3-4,6,11H,1-2,5,7-9H2,(H,20,22)/t11-/m1/s1. The van der Waals surface area contributed by atoms with Crippen molar-refractivity contribution in [3.8, 4) is 0 Å². The van der Waals surface area contributed by atoms with Gasteiger partial charge in [0.05, 0.1) is 10.9 Å². The fourth-order valence-electron chi connectivity index (χ4n) is 2.52. The second-order valence-electron chi connectivity index (χ2n) is 5.37. The third-order valence-corrected chi connectivity index (χ3v) is 3.93. The van der Waals surface area contributed by atoms with Crippen molar-refractivity contribution in [3.05, 3.63) is 29.0 Å². The molecule has 22 heavy (non-hydrogen) atoms. The second kappa shape index (κ2) is 7.28. The highest BCUT2D eigenvalue weighted by Gasteiger charge is 2.31. The van der Waals surface area contributed by atoms with E-state index in [9.17, 15) is 18.0 Å². The number of alkyl halides is 3. The Morgan fingerprint density at radius 3 is 2.95 bits per heavy atom. The van der Waals surface area contributed by atoms with Crippen LogP contribution in [0.15, 0.2) is 18.5 Å². The smallest absolute Gasteiger partial charge is 0.347 e. The molecule has 1 saturated heterocycles. The lowest BCUT2D eigenvalue weighted by atomic mass is 9.96. The third kappa shape index (κ3) is 5.14. The number of hydrogen-bond donors (Lipinski definition) is 1. The molecule has 0 unspecified atom stereocenters. The van der Waals surface area contributed by atoms with E-state index in [1.807, 2.05) is 10.2 Å². The van der Waals surface area contributed by atoms with E-state index in [0.717, 1.165) is 18.5 Å². The van der Waals surface area contributed by atoms with Gasteiger partial charge in [0.15, 0.2) is 0 Å². The van der Waals surface area contributed by atoms with E-state index in [1.54, 1.807) is 18.5 Å². The highest BCUT2D eigenvalue weighted by atomic mass is 35.5. The quantitative estimate of drug-likeness (QED) is 0.920. The Balaban J connectivity index is 1.89. The number of amides is 1. The van der Waals surface area contributed by atoms with Gasteiger partial charge in [0.1, 0.15) is 6.54 Å². The van der Waals surface area contributed by atoms with Crippen molar-refractivity contribution in [3.63, 3.8) is 0 Å². The number of piperidine rings is 1. The number of likely N-dealkylation sites (tertiary alicyclic amines) is 1. The molecule has 1 aliphatic rings. The molecule has 122 valence electrons. The Kier molecular flexibility index (Phi) is 5.63. The summed E-state index contributed by atoms with van der Waals surface area (Å²) in [5.74, 6) is -0.959. The van der Waals surface area contributed by atoms with Crippen molar-refractivity contribution in [2.45, 2.75) is 25.6 Å². The molecular weight excluding hydrogens is 319 g/mol. The zero-order valence-electron chi connectivity index (χ0n) is 11.9. The van der Waals surface area contributed by atoms with E-state index >= 15 is 0 Å². The first-order valence-corrected chi connectivity index (χ1v) is 7.38. The number of halogens is 4. The molecule has 0 aromatic carbocycles. The molecule has 2 rings (SSSR count). The molecule has 0 spiro atoms. The SMILES string of the molecule is O=C(NCC(F)(F)F)[C@@H]1CCCN(Cc2ccncc2Cl)C1. The van der Waals surface area contributed by atoms with E-state index in [4.69, 9.17) is 11.6 Å². The molecule has 1 aliphatic heterocycles. The van der Waals surface area contributed by atoms with Crippen LogP contribution in [0.4, 0.5) is 13.2 Å². The van der Waals surface area contributed by atoms with Crippen LogP contribution in [0.25, 0.3) is 0 Å². The number of carbonyl (C=O) groups is 1. The van der Waals surface area contributed by atoms with Gasteiger partial charge >= 0.3 is 6.18 Å².